The number of aromatic nitrogens is 1. The van der Waals surface area contributed by atoms with Crippen LogP contribution in [0.1, 0.15) is 34.9 Å². The second-order valence-corrected chi connectivity index (χ2v) is 4.70. The van der Waals surface area contributed by atoms with E-state index in [4.69, 9.17) is 4.42 Å². The van der Waals surface area contributed by atoms with E-state index in [1.54, 1.807) is 12.1 Å². The van der Waals surface area contributed by atoms with Crippen molar-refractivity contribution in [1.82, 2.24) is 9.47 Å². The van der Waals surface area contributed by atoms with Crippen LogP contribution in [0.2, 0.25) is 0 Å². The summed E-state index contributed by atoms with van der Waals surface area (Å²) in [6.07, 6.45) is 1.54. The summed E-state index contributed by atoms with van der Waals surface area (Å²) < 4.78 is 7.47. The number of fused-ring (bicyclic) bond motifs is 1. The molecule has 4 nitrogen and oxygen atoms in total. The van der Waals surface area contributed by atoms with Gasteiger partial charge >= 0.3 is 0 Å². The van der Waals surface area contributed by atoms with Crippen molar-refractivity contribution in [3.63, 3.8) is 0 Å². The Morgan fingerprint density at radius 2 is 2.17 bits per heavy atom. The van der Waals surface area contributed by atoms with E-state index in [1.807, 2.05) is 4.90 Å². The van der Waals surface area contributed by atoms with E-state index in [2.05, 4.69) is 30.5 Å². The van der Waals surface area contributed by atoms with Gasteiger partial charge in [0.15, 0.2) is 5.76 Å². The lowest BCUT2D eigenvalue weighted by Gasteiger charge is -2.34. The predicted molar refractivity (Wildman–Crippen MR) is 67.3 cm³/mol. The number of carbonyl (C=O) groups excluding carboxylic acids is 1. The molecular formula is C14H16N2O2. The van der Waals surface area contributed by atoms with Crippen LogP contribution in [0.3, 0.4) is 0 Å². The molecule has 4 heteroatoms. The van der Waals surface area contributed by atoms with Gasteiger partial charge in [-0.15, -0.1) is 0 Å². The second kappa shape index (κ2) is 4.05. The van der Waals surface area contributed by atoms with Gasteiger partial charge in [-0.3, -0.25) is 4.79 Å². The van der Waals surface area contributed by atoms with Gasteiger partial charge in [0.1, 0.15) is 0 Å². The molecule has 0 aliphatic carbocycles. The standard InChI is InChI=1S/C14H16N2O2/c1-10-5-6-12-11(2)16(8-7-15(10)12)14(17)13-4-3-9-18-13/h3-6,9,11H,7-8H2,1-2H3. The van der Waals surface area contributed by atoms with Crippen LogP contribution in [0.5, 0.6) is 0 Å². The zero-order chi connectivity index (χ0) is 12.7. The zero-order valence-electron chi connectivity index (χ0n) is 10.6. The first-order valence-corrected chi connectivity index (χ1v) is 6.19. The van der Waals surface area contributed by atoms with Crippen molar-refractivity contribution in [2.75, 3.05) is 6.54 Å². The van der Waals surface area contributed by atoms with Gasteiger partial charge in [-0.1, -0.05) is 0 Å². The van der Waals surface area contributed by atoms with E-state index in [0.29, 0.717) is 5.76 Å². The molecule has 1 amide bonds. The summed E-state index contributed by atoms with van der Waals surface area (Å²) >= 11 is 0. The van der Waals surface area contributed by atoms with Crippen LogP contribution in [-0.2, 0) is 6.54 Å². The SMILES string of the molecule is Cc1ccc2n1CCN(C(=O)c1ccco1)C2C. The highest BCUT2D eigenvalue weighted by Crippen LogP contribution is 2.28. The first kappa shape index (κ1) is 11.1. The number of nitrogens with zero attached hydrogens (tertiary/aromatic N) is 2. The maximum absolute atomic E-state index is 12.3. The third kappa shape index (κ3) is 1.56. The Morgan fingerprint density at radius 3 is 2.89 bits per heavy atom. The van der Waals surface area contributed by atoms with E-state index >= 15 is 0 Å². The van der Waals surface area contributed by atoms with Crippen LogP contribution in [0, 0.1) is 6.92 Å². The highest BCUT2D eigenvalue weighted by molar-refractivity contribution is 5.91. The number of hydrogen-bond acceptors (Lipinski definition) is 2. The molecule has 18 heavy (non-hydrogen) atoms. The lowest BCUT2D eigenvalue weighted by Crippen LogP contribution is -2.40. The van der Waals surface area contributed by atoms with Crippen LogP contribution in [0.15, 0.2) is 34.9 Å². The van der Waals surface area contributed by atoms with Crippen LogP contribution in [0.25, 0.3) is 0 Å². The summed E-state index contributed by atoms with van der Waals surface area (Å²) in [5.41, 5.74) is 2.45. The largest absolute Gasteiger partial charge is 0.459 e. The predicted octanol–water partition coefficient (Wildman–Crippen LogP) is 2.61. The van der Waals surface area contributed by atoms with E-state index in [-0.39, 0.29) is 11.9 Å². The van der Waals surface area contributed by atoms with Gasteiger partial charge in [-0.2, -0.15) is 0 Å². The number of aryl methyl sites for hydroxylation is 1. The van der Waals surface area contributed by atoms with E-state index < -0.39 is 0 Å². The Hall–Kier alpha value is -1.97. The molecule has 0 N–H and O–H groups in total. The third-order valence-corrected chi connectivity index (χ3v) is 3.69. The second-order valence-electron chi connectivity index (χ2n) is 4.70. The highest BCUT2D eigenvalue weighted by Gasteiger charge is 2.29. The van der Waals surface area contributed by atoms with Crippen molar-refractivity contribution in [3.05, 3.63) is 47.7 Å². The summed E-state index contributed by atoms with van der Waals surface area (Å²) in [6, 6.07) is 7.75. The Bertz CT molecular complexity index is 569. The van der Waals surface area contributed by atoms with Gasteiger partial charge in [-0.05, 0) is 38.1 Å². The first-order valence-electron chi connectivity index (χ1n) is 6.19. The fourth-order valence-electron chi connectivity index (χ4n) is 2.64. The van der Waals surface area contributed by atoms with Crippen LogP contribution in [0.4, 0.5) is 0 Å². The Kier molecular flexibility index (Phi) is 2.51. The molecule has 0 radical (unpaired) electrons. The molecule has 94 valence electrons. The van der Waals surface area contributed by atoms with Crippen molar-refractivity contribution in [2.45, 2.75) is 26.4 Å². The van der Waals surface area contributed by atoms with Crippen molar-refractivity contribution < 1.29 is 9.21 Å². The number of amides is 1. The van der Waals surface area contributed by atoms with Crippen LogP contribution >= 0.6 is 0 Å². The Labute approximate surface area is 106 Å². The van der Waals surface area contributed by atoms with Crippen LogP contribution < -0.4 is 0 Å². The fraction of sp³-hybridized carbons (Fsp3) is 0.357. The molecule has 1 unspecified atom stereocenters. The molecule has 0 spiro atoms. The maximum Gasteiger partial charge on any atom is 0.290 e. The summed E-state index contributed by atoms with van der Waals surface area (Å²) in [5, 5.41) is 0. The Morgan fingerprint density at radius 1 is 1.33 bits per heavy atom. The van der Waals surface area contributed by atoms with E-state index in [1.165, 1.54) is 17.7 Å². The summed E-state index contributed by atoms with van der Waals surface area (Å²) in [4.78, 5) is 14.2. The minimum atomic E-state index is -0.0300. The average molecular weight is 244 g/mol. The number of carbonyl (C=O) groups is 1. The molecule has 1 atom stereocenters. The lowest BCUT2D eigenvalue weighted by molar-refractivity contribution is 0.0610. The normalized spacial score (nSPS) is 18.8. The summed E-state index contributed by atoms with van der Waals surface area (Å²) in [6.45, 7) is 5.74. The van der Waals surface area contributed by atoms with Crippen LogP contribution in [-0.4, -0.2) is 21.9 Å². The molecule has 2 aromatic heterocycles. The van der Waals surface area contributed by atoms with E-state index in [0.717, 1.165) is 13.1 Å². The molecule has 0 saturated carbocycles. The van der Waals surface area contributed by atoms with E-state index in [9.17, 15) is 4.79 Å². The minimum absolute atomic E-state index is 0.0300. The molecule has 1 aliphatic rings. The average Bonchev–Trinajstić information content (AvgIpc) is 2.99. The topological polar surface area (TPSA) is 38.4 Å². The Balaban J connectivity index is 1.91. The zero-order valence-corrected chi connectivity index (χ0v) is 10.6. The number of furan rings is 1. The number of hydrogen-bond donors (Lipinski definition) is 0. The molecule has 2 aromatic rings. The molecular weight excluding hydrogens is 228 g/mol. The fourth-order valence-corrected chi connectivity index (χ4v) is 2.64. The van der Waals surface area contributed by atoms with Gasteiger partial charge in [0, 0.05) is 24.5 Å². The maximum atomic E-state index is 12.3. The quantitative estimate of drug-likeness (QED) is 0.773. The molecule has 0 fully saturated rings. The van der Waals surface area contributed by atoms with Crippen molar-refractivity contribution in [3.8, 4) is 0 Å². The van der Waals surface area contributed by atoms with Gasteiger partial charge in [-0.25, -0.2) is 0 Å². The summed E-state index contributed by atoms with van der Waals surface area (Å²) in [7, 11) is 0. The van der Waals surface area contributed by atoms with Crippen molar-refractivity contribution in [1.29, 1.82) is 0 Å². The first-order chi connectivity index (χ1) is 8.68. The van der Waals surface area contributed by atoms with Gasteiger partial charge in [0.05, 0.1) is 12.3 Å². The molecule has 1 aliphatic heterocycles. The molecule has 3 heterocycles. The van der Waals surface area contributed by atoms with Crippen molar-refractivity contribution >= 4 is 5.91 Å². The van der Waals surface area contributed by atoms with Gasteiger partial charge in [0.2, 0.25) is 0 Å². The van der Waals surface area contributed by atoms with Gasteiger partial charge in [0.25, 0.3) is 5.91 Å². The lowest BCUT2D eigenvalue weighted by atomic mass is 10.1. The highest BCUT2D eigenvalue weighted by atomic mass is 16.3. The molecule has 3 rings (SSSR count). The molecule has 0 bridgehead atoms. The number of rotatable bonds is 1. The monoisotopic (exact) mass is 244 g/mol. The molecule has 0 saturated heterocycles. The minimum Gasteiger partial charge on any atom is -0.459 e. The third-order valence-electron chi connectivity index (χ3n) is 3.69. The smallest absolute Gasteiger partial charge is 0.290 e. The summed E-state index contributed by atoms with van der Waals surface area (Å²) in [5.74, 6) is 0.385. The van der Waals surface area contributed by atoms with Crippen molar-refractivity contribution in [2.24, 2.45) is 0 Å². The molecule has 0 aromatic carbocycles. The van der Waals surface area contributed by atoms with Gasteiger partial charge < -0.3 is 13.9 Å².